The van der Waals surface area contributed by atoms with Crippen molar-refractivity contribution in [2.24, 2.45) is 0 Å². The minimum atomic E-state index is 0.402. The third kappa shape index (κ3) is 4.36. The van der Waals surface area contributed by atoms with E-state index < -0.39 is 0 Å². The van der Waals surface area contributed by atoms with Gasteiger partial charge in [-0.1, -0.05) is 19.1 Å². The number of aromatic nitrogens is 3. The highest BCUT2D eigenvalue weighted by molar-refractivity contribution is 7.09. The molecule has 0 bridgehead atoms. The first-order chi connectivity index (χ1) is 13.7. The molecule has 0 spiro atoms. The second-order valence-corrected chi connectivity index (χ2v) is 7.98. The van der Waals surface area contributed by atoms with E-state index in [0.29, 0.717) is 12.6 Å². The van der Waals surface area contributed by atoms with Gasteiger partial charge in [-0.25, -0.2) is 9.67 Å². The van der Waals surface area contributed by atoms with Crippen LogP contribution in [0.4, 0.5) is 0 Å². The van der Waals surface area contributed by atoms with Gasteiger partial charge in [0.05, 0.1) is 13.7 Å². The van der Waals surface area contributed by atoms with E-state index in [2.05, 4.69) is 50.6 Å². The van der Waals surface area contributed by atoms with Crippen LogP contribution < -0.4 is 14.8 Å². The summed E-state index contributed by atoms with van der Waals surface area (Å²) in [5.74, 6) is 3.60. The Morgan fingerprint density at radius 3 is 3.00 bits per heavy atom. The maximum absolute atomic E-state index is 5.92. The topological polar surface area (TPSA) is 61.2 Å². The van der Waals surface area contributed by atoms with Crippen LogP contribution in [0.15, 0.2) is 35.7 Å². The number of thiophene rings is 1. The number of nitrogens with zero attached hydrogens (tertiary/aromatic N) is 3. The van der Waals surface area contributed by atoms with E-state index in [1.54, 1.807) is 18.4 Å². The Morgan fingerprint density at radius 2 is 2.21 bits per heavy atom. The quantitative estimate of drug-likeness (QED) is 0.628. The Bertz CT molecular complexity index is 907. The van der Waals surface area contributed by atoms with Crippen molar-refractivity contribution in [3.8, 4) is 11.5 Å². The summed E-state index contributed by atoms with van der Waals surface area (Å²) in [5.41, 5.74) is 1.18. The zero-order valence-corrected chi connectivity index (χ0v) is 17.2. The monoisotopic (exact) mass is 398 g/mol. The van der Waals surface area contributed by atoms with E-state index in [-0.39, 0.29) is 0 Å². The summed E-state index contributed by atoms with van der Waals surface area (Å²) in [7, 11) is 1.68. The minimum Gasteiger partial charge on any atom is -0.493 e. The number of rotatable bonds is 8. The van der Waals surface area contributed by atoms with Gasteiger partial charge in [0.2, 0.25) is 0 Å². The van der Waals surface area contributed by atoms with Crippen LogP contribution in [-0.2, 0) is 32.5 Å². The Labute approximate surface area is 169 Å². The van der Waals surface area contributed by atoms with Crippen molar-refractivity contribution in [2.45, 2.75) is 51.9 Å². The fourth-order valence-electron chi connectivity index (χ4n) is 3.42. The molecular formula is C21H26N4O2S. The van der Waals surface area contributed by atoms with Gasteiger partial charge in [0.1, 0.15) is 12.4 Å². The molecule has 1 aliphatic heterocycles. The summed E-state index contributed by atoms with van der Waals surface area (Å²) in [5, 5.41) is 10.3. The lowest BCUT2D eigenvalue weighted by Crippen LogP contribution is -2.37. The van der Waals surface area contributed by atoms with Gasteiger partial charge in [0.25, 0.3) is 0 Å². The van der Waals surface area contributed by atoms with Crippen LogP contribution in [0.5, 0.6) is 11.5 Å². The normalized spacial score (nSPS) is 16.0. The van der Waals surface area contributed by atoms with Gasteiger partial charge in [-0.15, -0.1) is 11.3 Å². The Kier molecular flexibility index (Phi) is 5.92. The summed E-state index contributed by atoms with van der Waals surface area (Å²) in [4.78, 5) is 5.78. The van der Waals surface area contributed by atoms with Crippen LogP contribution >= 0.6 is 11.3 Å². The van der Waals surface area contributed by atoms with Crippen molar-refractivity contribution in [3.63, 3.8) is 0 Å². The van der Waals surface area contributed by atoms with Gasteiger partial charge in [-0.2, -0.15) is 5.10 Å². The summed E-state index contributed by atoms with van der Waals surface area (Å²) in [6.07, 6.45) is 2.95. The molecule has 1 N–H and O–H groups in total. The average Bonchev–Trinajstić information content (AvgIpc) is 3.39. The van der Waals surface area contributed by atoms with Crippen molar-refractivity contribution in [2.75, 3.05) is 7.11 Å². The number of aryl methyl sites for hydroxylation is 2. The zero-order valence-electron chi connectivity index (χ0n) is 16.4. The number of nitrogens with one attached hydrogen (secondary N) is 1. The first-order valence-electron chi connectivity index (χ1n) is 9.73. The molecule has 1 aromatic carbocycles. The predicted octanol–water partition coefficient (Wildman–Crippen LogP) is 3.59. The predicted molar refractivity (Wildman–Crippen MR) is 110 cm³/mol. The molecule has 148 valence electrons. The van der Waals surface area contributed by atoms with Crippen LogP contribution in [0.2, 0.25) is 0 Å². The number of hydrogen-bond acceptors (Lipinski definition) is 6. The maximum Gasteiger partial charge on any atom is 0.161 e. The Hall–Kier alpha value is -2.38. The third-order valence-corrected chi connectivity index (χ3v) is 5.84. The molecule has 6 nitrogen and oxygen atoms in total. The SMILES string of the molecule is CCc1nc2n(n1)CC(NCc1ccc(OCc3cccs3)c(OC)c1)CC2. The van der Waals surface area contributed by atoms with Crippen LogP contribution in [0.3, 0.4) is 0 Å². The smallest absolute Gasteiger partial charge is 0.161 e. The maximum atomic E-state index is 5.92. The second-order valence-electron chi connectivity index (χ2n) is 6.95. The summed E-state index contributed by atoms with van der Waals surface area (Å²) >= 11 is 1.69. The molecule has 1 aliphatic rings. The molecule has 0 saturated carbocycles. The van der Waals surface area contributed by atoms with E-state index in [0.717, 1.165) is 55.5 Å². The van der Waals surface area contributed by atoms with Crippen molar-refractivity contribution < 1.29 is 9.47 Å². The van der Waals surface area contributed by atoms with Gasteiger partial charge in [-0.05, 0) is 35.6 Å². The molecule has 0 saturated heterocycles. The Morgan fingerprint density at radius 1 is 1.29 bits per heavy atom. The average molecular weight is 399 g/mol. The number of benzene rings is 1. The van der Waals surface area contributed by atoms with E-state index >= 15 is 0 Å². The summed E-state index contributed by atoms with van der Waals surface area (Å²) < 4.78 is 13.5. The number of fused-ring (bicyclic) bond motifs is 1. The van der Waals surface area contributed by atoms with E-state index in [4.69, 9.17) is 9.47 Å². The number of methoxy groups -OCH3 is 1. The molecule has 3 aromatic rings. The molecule has 1 unspecified atom stereocenters. The Balaban J connectivity index is 1.34. The summed E-state index contributed by atoms with van der Waals surface area (Å²) in [6.45, 7) is 4.32. The molecule has 2 aromatic heterocycles. The molecular weight excluding hydrogens is 372 g/mol. The van der Waals surface area contributed by atoms with Crippen LogP contribution in [-0.4, -0.2) is 27.9 Å². The molecule has 7 heteroatoms. The van der Waals surface area contributed by atoms with Crippen LogP contribution in [0, 0.1) is 0 Å². The van der Waals surface area contributed by atoms with Gasteiger partial charge in [0.15, 0.2) is 17.3 Å². The lowest BCUT2D eigenvalue weighted by atomic mass is 10.1. The third-order valence-electron chi connectivity index (χ3n) is 4.99. The van der Waals surface area contributed by atoms with Gasteiger partial charge >= 0.3 is 0 Å². The van der Waals surface area contributed by atoms with Crippen molar-refractivity contribution >= 4 is 11.3 Å². The van der Waals surface area contributed by atoms with Gasteiger partial charge in [0, 0.05) is 30.3 Å². The molecule has 4 rings (SSSR count). The highest BCUT2D eigenvalue weighted by atomic mass is 32.1. The lowest BCUT2D eigenvalue weighted by molar-refractivity contribution is 0.287. The minimum absolute atomic E-state index is 0.402. The van der Waals surface area contributed by atoms with E-state index in [9.17, 15) is 0 Å². The highest BCUT2D eigenvalue weighted by Crippen LogP contribution is 2.29. The van der Waals surface area contributed by atoms with E-state index in [1.165, 1.54) is 10.4 Å². The fourth-order valence-corrected chi connectivity index (χ4v) is 4.04. The second kappa shape index (κ2) is 8.75. The van der Waals surface area contributed by atoms with Crippen molar-refractivity contribution in [1.29, 1.82) is 0 Å². The largest absolute Gasteiger partial charge is 0.493 e. The van der Waals surface area contributed by atoms with Crippen LogP contribution in [0.25, 0.3) is 0 Å². The van der Waals surface area contributed by atoms with Crippen molar-refractivity contribution in [1.82, 2.24) is 20.1 Å². The zero-order chi connectivity index (χ0) is 19.3. The molecule has 3 heterocycles. The molecule has 1 atom stereocenters. The summed E-state index contributed by atoms with van der Waals surface area (Å²) in [6, 6.07) is 10.6. The number of ether oxygens (including phenoxy) is 2. The molecule has 28 heavy (non-hydrogen) atoms. The first kappa shape index (κ1) is 19.0. The fraction of sp³-hybridized carbons (Fsp3) is 0.429. The molecule has 0 amide bonds. The van der Waals surface area contributed by atoms with Gasteiger partial charge in [-0.3, -0.25) is 0 Å². The molecule has 0 radical (unpaired) electrons. The highest BCUT2D eigenvalue weighted by Gasteiger charge is 2.21. The molecule has 0 aliphatic carbocycles. The van der Waals surface area contributed by atoms with E-state index in [1.807, 2.05) is 12.1 Å². The standard InChI is InChI=1S/C21H26N4O2S/c1-3-20-23-21-9-7-16(13-25(21)24-20)22-12-15-6-8-18(19(11-15)26-2)27-14-17-5-4-10-28-17/h4-6,8,10-11,16,22H,3,7,9,12-14H2,1-2H3. The van der Waals surface area contributed by atoms with Gasteiger partial charge < -0.3 is 14.8 Å². The number of hydrogen-bond donors (Lipinski definition) is 1. The van der Waals surface area contributed by atoms with Crippen molar-refractivity contribution in [3.05, 3.63) is 57.8 Å². The molecule has 0 fully saturated rings. The first-order valence-corrected chi connectivity index (χ1v) is 10.6. The van der Waals surface area contributed by atoms with Crippen LogP contribution in [0.1, 0.15) is 35.4 Å². The lowest BCUT2D eigenvalue weighted by Gasteiger charge is -2.23.